The lowest BCUT2D eigenvalue weighted by Crippen LogP contribution is -2.22. The monoisotopic (exact) mass is 241 g/mol. The maximum absolute atomic E-state index is 4.38. The molecule has 1 N–H and O–H groups in total. The average Bonchev–Trinajstić information content (AvgIpc) is 2.43. The summed E-state index contributed by atoms with van der Waals surface area (Å²) in [7, 11) is 0. The Balaban J connectivity index is 2.07. The van der Waals surface area contributed by atoms with Crippen LogP contribution in [0.5, 0.6) is 0 Å². The van der Waals surface area contributed by atoms with Gasteiger partial charge in [-0.15, -0.1) is 0 Å². The molecule has 0 bridgehead atoms. The van der Waals surface area contributed by atoms with E-state index in [9.17, 15) is 0 Å². The second-order valence-corrected chi connectivity index (χ2v) is 4.21. The highest BCUT2D eigenvalue weighted by Gasteiger charge is 2.04. The number of rotatable bonds is 3. The van der Waals surface area contributed by atoms with Gasteiger partial charge in [-0.25, -0.2) is 4.98 Å². The molecule has 0 unspecified atom stereocenters. The van der Waals surface area contributed by atoms with E-state index in [0.717, 1.165) is 43.1 Å². The number of hydrogen-bond donors (Lipinski definition) is 1. The predicted molar refractivity (Wildman–Crippen MR) is 76.4 cm³/mol. The van der Waals surface area contributed by atoms with E-state index in [0.29, 0.717) is 0 Å². The van der Waals surface area contributed by atoms with Gasteiger partial charge in [-0.1, -0.05) is 37.8 Å². The lowest BCUT2D eigenvalue weighted by molar-refractivity contribution is 0.342. The van der Waals surface area contributed by atoms with Crippen molar-refractivity contribution in [3.05, 3.63) is 29.5 Å². The molecule has 0 saturated carbocycles. The molecular formula is C15H19N3. The van der Waals surface area contributed by atoms with Gasteiger partial charge in [-0.2, -0.15) is 0 Å². The van der Waals surface area contributed by atoms with E-state index in [1.54, 1.807) is 0 Å². The molecule has 0 radical (unpaired) electrons. The average molecular weight is 241 g/mol. The molecule has 3 heteroatoms. The normalized spacial score (nSPS) is 12.6. The van der Waals surface area contributed by atoms with Crippen LogP contribution in [0.1, 0.15) is 25.0 Å². The second-order valence-electron chi connectivity index (χ2n) is 4.21. The van der Waals surface area contributed by atoms with Crippen LogP contribution < -0.4 is 5.32 Å². The highest BCUT2D eigenvalue weighted by Crippen LogP contribution is 2.18. The summed E-state index contributed by atoms with van der Waals surface area (Å²) in [6.07, 6.45) is 6.02. The fraction of sp³-hybridized carbons (Fsp3) is 0.400. The molecule has 2 rings (SSSR count). The summed E-state index contributed by atoms with van der Waals surface area (Å²) < 4.78 is 0. The third-order valence-corrected chi connectivity index (χ3v) is 3.03. The molecule has 1 aliphatic heterocycles. The van der Waals surface area contributed by atoms with E-state index < -0.39 is 0 Å². The van der Waals surface area contributed by atoms with E-state index in [-0.39, 0.29) is 0 Å². The van der Waals surface area contributed by atoms with Crippen LogP contribution in [0.3, 0.4) is 0 Å². The molecule has 1 aromatic heterocycles. The second kappa shape index (κ2) is 6.23. The van der Waals surface area contributed by atoms with Crippen LogP contribution in [0, 0.1) is 11.8 Å². The van der Waals surface area contributed by atoms with Crippen LogP contribution >= 0.6 is 0 Å². The first kappa shape index (κ1) is 12.7. The molecule has 0 aliphatic carbocycles. The van der Waals surface area contributed by atoms with Gasteiger partial charge in [-0.3, -0.25) is 4.90 Å². The van der Waals surface area contributed by atoms with Crippen LogP contribution in [-0.4, -0.2) is 36.1 Å². The fourth-order valence-corrected chi connectivity index (χ4v) is 1.87. The van der Waals surface area contributed by atoms with Gasteiger partial charge < -0.3 is 5.32 Å². The molecule has 2 heterocycles. The number of aromatic nitrogens is 1. The number of hydrogen-bond acceptors (Lipinski definition) is 3. The van der Waals surface area contributed by atoms with Crippen molar-refractivity contribution in [3.8, 4) is 11.8 Å². The van der Waals surface area contributed by atoms with Crippen molar-refractivity contribution in [2.45, 2.75) is 13.8 Å². The first-order valence-corrected chi connectivity index (χ1v) is 6.45. The molecule has 0 aromatic carbocycles. The lowest BCUT2D eigenvalue weighted by Gasteiger charge is -2.13. The topological polar surface area (TPSA) is 28.2 Å². The van der Waals surface area contributed by atoms with Crippen molar-refractivity contribution in [1.82, 2.24) is 9.88 Å². The van der Waals surface area contributed by atoms with Crippen molar-refractivity contribution in [3.63, 3.8) is 0 Å². The minimum atomic E-state index is 0.818. The molecular weight excluding hydrogens is 222 g/mol. The molecule has 0 atom stereocenters. The van der Waals surface area contributed by atoms with Crippen LogP contribution in [0.4, 0.5) is 5.82 Å². The van der Waals surface area contributed by atoms with Gasteiger partial charge in [0.1, 0.15) is 5.82 Å². The highest BCUT2D eigenvalue weighted by atomic mass is 15.1. The first-order valence-electron chi connectivity index (χ1n) is 6.45. The largest absolute Gasteiger partial charge is 0.366 e. The van der Waals surface area contributed by atoms with Gasteiger partial charge in [0.15, 0.2) is 0 Å². The Kier molecular flexibility index (Phi) is 4.38. The third-order valence-electron chi connectivity index (χ3n) is 3.03. The molecule has 1 aliphatic rings. The number of pyridine rings is 1. The van der Waals surface area contributed by atoms with E-state index in [1.807, 2.05) is 6.20 Å². The Morgan fingerprint density at radius 1 is 1.39 bits per heavy atom. The van der Waals surface area contributed by atoms with Gasteiger partial charge in [0.25, 0.3) is 0 Å². The molecule has 94 valence electrons. The Morgan fingerprint density at radius 3 is 3.00 bits per heavy atom. The molecule has 0 fully saturated rings. The molecule has 0 amide bonds. The van der Waals surface area contributed by atoms with Crippen LogP contribution in [0.25, 0.3) is 6.08 Å². The van der Waals surface area contributed by atoms with Gasteiger partial charge in [-0.05, 0) is 19.2 Å². The minimum Gasteiger partial charge on any atom is -0.366 e. The van der Waals surface area contributed by atoms with Crippen molar-refractivity contribution in [2.75, 3.05) is 31.5 Å². The van der Waals surface area contributed by atoms with E-state index in [4.69, 9.17) is 0 Å². The first-order chi connectivity index (χ1) is 8.83. The van der Waals surface area contributed by atoms with Crippen molar-refractivity contribution >= 4 is 11.9 Å². The quantitative estimate of drug-likeness (QED) is 0.822. The molecule has 3 nitrogen and oxygen atoms in total. The fourth-order valence-electron chi connectivity index (χ4n) is 1.87. The Morgan fingerprint density at radius 2 is 2.22 bits per heavy atom. The van der Waals surface area contributed by atoms with E-state index in [2.05, 4.69) is 59.1 Å². The van der Waals surface area contributed by atoms with Crippen LogP contribution in [0.15, 0.2) is 18.3 Å². The SMILES string of the molecule is CCN(CC)CC#Cc1cnc2c(c1)C=CCN2. The number of fused-ring (bicyclic) bond motifs is 1. The zero-order chi connectivity index (χ0) is 12.8. The smallest absolute Gasteiger partial charge is 0.133 e. The van der Waals surface area contributed by atoms with E-state index >= 15 is 0 Å². The Hall–Kier alpha value is -1.79. The van der Waals surface area contributed by atoms with E-state index in [1.165, 1.54) is 0 Å². The summed E-state index contributed by atoms with van der Waals surface area (Å²) in [6.45, 7) is 8.07. The third kappa shape index (κ3) is 3.12. The number of nitrogens with zero attached hydrogens (tertiary/aromatic N) is 2. The minimum absolute atomic E-state index is 0.818. The maximum Gasteiger partial charge on any atom is 0.133 e. The summed E-state index contributed by atoms with van der Waals surface area (Å²) in [5.41, 5.74) is 2.10. The Labute approximate surface area is 109 Å². The van der Waals surface area contributed by atoms with Gasteiger partial charge in [0.05, 0.1) is 6.54 Å². The predicted octanol–water partition coefficient (Wildman–Crippen LogP) is 2.21. The zero-order valence-corrected chi connectivity index (χ0v) is 11.0. The Bertz CT molecular complexity index is 490. The summed E-state index contributed by atoms with van der Waals surface area (Å²) in [5.74, 6) is 7.33. The molecule has 0 saturated heterocycles. The van der Waals surface area contributed by atoms with Crippen LogP contribution in [0.2, 0.25) is 0 Å². The van der Waals surface area contributed by atoms with Crippen molar-refractivity contribution in [2.24, 2.45) is 0 Å². The van der Waals surface area contributed by atoms with Crippen LogP contribution in [-0.2, 0) is 0 Å². The molecule has 18 heavy (non-hydrogen) atoms. The summed E-state index contributed by atoms with van der Waals surface area (Å²) >= 11 is 0. The lowest BCUT2D eigenvalue weighted by atomic mass is 10.1. The van der Waals surface area contributed by atoms with Crippen molar-refractivity contribution < 1.29 is 0 Å². The number of anilines is 1. The maximum atomic E-state index is 4.38. The van der Waals surface area contributed by atoms with Gasteiger partial charge in [0, 0.05) is 23.9 Å². The number of nitrogens with one attached hydrogen (secondary N) is 1. The highest BCUT2D eigenvalue weighted by molar-refractivity contribution is 5.67. The summed E-state index contributed by atoms with van der Waals surface area (Å²) in [4.78, 5) is 6.67. The van der Waals surface area contributed by atoms with Gasteiger partial charge >= 0.3 is 0 Å². The van der Waals surface area contributed by atoms with Gasteiger partial charge in [0.2, 0.25) is 0 Å². The summed E-state index contributed by atoms with van der Waals surface area (Å²) in [6, 6.07) is 2.08. The summed E-state index contributed by atoms with van der Waals surface area (Å²) in [5, 5.41) is 3.23. The molecule has 1 aromatic rings. The molecule has 0 spiro atoms. The zero-order valence-electron chi connectivity index (χ0n) is 11.0. The standard InChI is InChI=1S/C15H19N3/c1-3-18(4-2)10-6-7-13-11-14-8-5-9-16-15(14)17-12-13/h5,8,11-12H,3-4,9-10H2,1-2H3,(H,16,17). The van der Waals surface area contributed by atoms with Crippen molar-refractivity contribution in [1.29, 1.82) is 0 Å².